The molecule has 36 heavy (non-hydrogen) atoms. The highest BCUT2D eigenvalue weighted by molar-refractivity contribution is 6.30. The van der Waals surface area contributed by atoms with Gasteiger partial charge in [0.05, 0.1) is 17.3 Å². The van der Waals surface area contributed by atoms with Gasteiger partial charge in [0.2, 0.25) is 0 Å². The van der Waals surface area contributed by atoms with Crippen molar-refractivity contribution in [3.8, 4) is 0 Å². The van der Waals surface area contributed by atoms with Gasteiger partial charge in [0.15, 0.2) is 0 Å². The summed E-state index contributed by atoms with van der Waals surface area (Å²) in [5.41, 5.74) is 2.02. The minimum Gasteiger partial charge on any atom is -1.00 e. The third kappa shape index (κ3) is 6.60. The van der Waals surface area contributed by atoms with Crippen LogP contribution in [0.4, 0.5) is 5.95 Å². The quantitative estimate of drug-likeness (QED) is 0.255. The van der Waals surface area contributed by atoms with Crippen LogP contribution in [0.25, 0.3) is 10.8 Å². The highest BCUT2D eigenvalue weighted by Crippen LogP contribution is 2.18. The SMILES string of the molecule is O=c1c2ccccc2c(Cc2ccc(Cl)cc2)nn1CCCN1CC[NH+](c2nccc[nH+]2)CC1.[Cl-].[Cl-]. The number of aryl methyl sites for hydroxylation is 1. The lowest BCUT2D eigenvalue weighted by Gasteiger charge is -2.28. The van der Waals surface area contributed by atoms with E-state index in [1.807, 2.05) is 67.0 Å². The third-order valence-corrected chi connectivity index (χ3v) is 6.73. The molecule has 0 radical (unpaired) electrons. The Bertz CT molecular complexity index is 1310. The van der Waals surface area contributed by atoms with E-state index in [1.165, 1.54) is 4.90 Å². The van der Waals surface area contributed by atoms with Gasteiger partial charge in [0.1, 0.15) is 19.3 Å². The standard InChI is InChI=1S/C26H27ClN6O.2ClH/c27-21-9-7-20(8-10-21)19-24-22-5-1-2-6-23(22)25(34)33(30-24)14-4-13-31-15-17-32(18-16-31)26-28-11-3-12-29-26;;/h1-3,5-12H,4,13-19H2;2*1H. The average Bonchev–Trinajstić information content (AvgIpc) is 2.89. The maximum atomic E-state index is 13.1. The van der Waals surface area contributed by atoms with Crippen LogP contribution in [-0.4, -0.2) is 52.4 Å². The van der Waals surface area contributed by atoms with E-state index >= 15 is 0 Å². The van der Waals surface area contributed by atoms with Gasteiger partial charge in [0.25, 0.3) is 5.56 Å². The maximum Gasteiger partial charge on any atom is 0.493 e. The molecule has 0 atom stereocenters. The number of aromatic amines is 1. The fourth-order valence-corrected chi connectivity index (χ4v) is 4.75. The summed E-state index contributed by atoms with van der Waals surface area (Å²) in [6.45, 7) is 5.63. The zero-order valence-corrected chi connectivity index (χ0v) is 22.1. The number of fused-ring (bicyclic) bond motifs is 1. The predicted octanol–water partition coefficient (Wildman–Crippen LogP) is -4.22. The minimum absolute atomic E-state index is 0. The van der Waals surface area contributed by atoms with Crippen LogP contribution in [0, 0.1) is 0 Å². The van der Waals surface area contributed by atoms with Crippen LogP contribution in [0.5, 0.6) is 0 Å². The van der Waals surface area contributed by atoms with Crippen molar-refractivity contribution in [2.24, 2.45) is 0 Å². The number of quaternary nitrogens is 1. The smallest absolute Gasteiger partial charge is 0.493 e. The van der Waals surface area contributed by atoms with Crippen molar-refractivity contribution in [1.29, 1.82) is 0 Å². The largest absolute Gasteiger partial charge is 1.00 e. The normalized spacial score (nSPS) is 14.2. The van der Waals surface area contributed by atoms with Crippen LogP contribution in [0.15, 0.2) is 71.8 Å². The number of H-pyrrole nitrogens is 1. The number of rotatable bonds is 7. The number of nitrogens with one attached hydrogen (secondary N) is 2. The maximum absolute atomic E-state index is 13.1. The Hall–Kier alpha value is -2.55. The van der Waals surface area contributed by atoms with Crippen molar-refractivity contribution in [2.45, 2.75) is 19.4 Å². The number of aromatic nitrogens is 4. The summed E-state index contributed by atoms with van der Waals surface area (Å²) in [6.07, 6.45) is 5.31. The molecule has 0 spiro atoms. The molecule has 1 saturated heterocycles. The molecule has 0 unspecified atom stereocenters. The van der Waals surface area contributed by atoms with Crippen molar-refractivity contribution in [1.82, 2.24) is 19.7 Å². The molecular weight excluding hydrogens is 519 g/mol. The third-order valence-electron chi connectivity index (χ3n) is 6.47. The average molecular weight is 548 g/mol. The van der Waals surface area contributed by atoms with Gasteiger partial charge in [0, 0.05) is 54.1 Å². The van der Waals surface area contributed by atoms with E-state index < -0.39 is 0 Å². The monoisotopic (exact) mass is 546 g/mol. The molecule has 2 aromatic carbocycles. The van der Waals surface area contributed by atoms with Gasteiger partial charge in [-0.3, -0.25) is 9.69 Å². The van der Waals surface area contributed by atoms with Gasteiger partial charge in [-0.25, -0.2) is 9.58 Å². The molecule has 3 heterocycles. The van der Waals surface area contributed by atoms with E-state index in [2.05, 4.69) is 14.9 Å². The topological polar surface area (TPSA) is 69.6 Å². The second-order valence-corrected chi connectivity index (χ2v) is 9.19. The van der Waals surface area contributed by atoms with Crippen molar-refractivity contribution < 1.29 is 34.7 Å². The van der Waals surface area contributed by atoms with Crippen LogP contribution in [-0.2, 0) is 13.0 Å². The van der Waals surface area contributed by atoms with Crippen LogP contribution in [0.3, 0.4) is 0 Å². The summed E-state index contributed by atoms with van der Waals surface area (Å²) in [7, 11) is 0. The number of piperazine rings is 1. The lowest BCUT2D eigenvalue weighted by molar-refractivity contribution is -0.875. The highest BCUT2D eigenvalue weighted by atomic mass is 35.5. The first-order valence-electron chi connectivity index (χ1n) is 11.8. The van der Waals surface area contributed by atoms with Gasteiger partial charge < -0.3 is 24.8 Å². The molecule has 10 heteroatoms. The summed E-state index contributed by atoms with van der Waals surface area (Å²) in [5, 5.41) is 7.15. The lowest BCUT2D eigenvalue weighted by atomic mass is 10.0. The van der Waals surface area contributed by atoms with E-state index in [0.29, 0.717) is 18.0 Å². The Balaban J connectivity index is 0.00000180. The molecule has 190 valence electrons. The number of benzene rings is 2. The van der Waals surface area contributed by atoms with E-state index in [-0.39, 0.29) is 30.4 Å². The van der Waals surface area contributed by atoms with Crippen LogP contribution >= 0.6 is 11.6 Å². The first-order valence-corrected chi connectivity index (χ1v) is 12.2. The molecule has 1 fully saturated rings. The van der Waals surface area contributed by atoms with Gasteiger partial charge in [-0.05, 0) is 30.2 Å². The minimum atomic E-state index is -0.0181. The fraction of sp³-hybridized carbons (Fsp3) is 0.308. The number of nitrogens with zero attached hydrogens (tertiary/aromatic N) is 4. The Morgan fingerprint density at radius 2 is 1.67 bits per heavy atom. The zero-order valence-electron chi connectivity index (χ0n) is 19.8. The van der Waals surface area contributed by atoms with E-state index in [1.54, 1.807) is 4.68 Å². The van der Waals surface area contributed by atoms with Crippen LogP contribution in [0.1, 0.15) is 17.7 Å². The first-order chi connectivity index (χ1) is 16.7. The molecule has 7 nitrogen and oxygen atoms in total. The van der Waals surface area contributed by atoms with Crippen molar-refractivity contribution in [2.75, 3.05) is 32.7 Å². The molecule has 0 aliphatic carbocycles. The summed E-state index contributed by atoms with van der Waals surface area (Å²) in [5.74, 6) is 1.00. The Morgan fingerprint density at radius 1 is 0.944 bits per heavy atom. The van der Waals surface area contributed by atoms with E-state index in [9.17, 15) is 4.79 Å². The van der Waals surface area contributed by atoms with Gasteiger partial charge in [-0.2, -0.15) is 10.1 Å². The van der Waals surface area contributed by atoms with Crippen molar-refractivity contribution in [3.05, 3.63) is 93.6 Å². The summed E-state index contributed by atoms with van der Waals surface area (Å²) >= 11 is 6.05. The van der Waals surface area contributed by atoms with Crippen molar-refractivity contribution >= 4 is 28.3 Å². The van der Waals surface area contributed by atoms with E-state index in [0.717, 1.165) is 67.1 Å². The number of halogens is 3. The Kier molecular flexibility index (Phi) is 10.2. The summed E-state index contributed by atoms with van der Waals surface area (Å²) < 4.78 is 1.65. The van der Waals surface area contributed by atoms with Gasteiger partial charge in [-0.1, -0.05) is 41.9 Å². The molecule has 1 aliphatic rings. The van der Waals surface area contributed by atoms with Crippen molar-refractivity contribution in [3.63, 3.8) is 0 Å². The molecule has 0 bridgehead atoms. The second kappa shape index (κ2) is 13.1. The van der Waals surface area contributed by atoms with E-state index in [4.69, 9.17) is 16.7 Å². The van der Waals surface area contributed by atoms with Gasteiger partial charge >= 0.3 is 5.95 Å². The zero-order chi connectivity index (χ0) is 23.3. The fourth-order valence-electron chi connectivity index (χ4n) is 4.63. The molecule has 4 aromatic rings. The summed E-state index contributed by atoms with van der Waals surface area (Å²) in [4.78, 5) is 24.7. The summed E-state index contributed by atoms with van der Waals surface area (Å²) in [6, 6.07) is 17.5. The number of hydrogen-bond donors (Lipinski definition) is 1. The molecular formula is C26H29Cl3N6O. The molecule has 5 rings (SSSR count). The predicted molar refractivity (Wildman–Crippen MR) is 132 cm³/mol. The Morgan fingerprint density at radius 3 is 2.36 bits per heavy atom. The van der Waals surface area contributed by atoms with Crippen LogP contribution in [0.2, 0.25) is 5.02 Å². The molecule has 0 amide bonds. The Labute approximate surface area is 227 Å². The highest BCUT2D eigenvalue weighted by Gasteiger charge is 2.27. The lowest BCUT2D eigenvalue weighted by Crippen LogP contribution is -3.11. The molecule has 2 aromatic heterocycles. The van der Waals surface area contributed by atoms with Gasteiger partial charge in [-0.15, -0.1) is 0 Å². The second-order valence-electron chi connectivity index (χ2n) is 8.75. The molecule has 1 aliphatic heterocycles. The first kappa shape index (κ1) is 28.0. The number of hydrogen-bond acceptors (Lipinski definition) is 4. The molecule has 0 saturated carbocycles. The molecule has 2 N–H and O–H groups in total. The van der Waals surface area contributed by atoms with Crippen LogP contribution < -0.4 is 40.3 Å².